The summed E-state index contributed by atoms with van der Waals surface area (Å²) in [5.74, 6) is 1.74. The van der Waals surface area contributed by atoms with E-state index in [0.29, 0.717) is 0 Å². The molecule has 0 N–H and O–H groups in total. The van der Waals surface area contributed by atoms with E-state index in [1.807, 2.05) is 60.7 Å². The number of hydrogen-bond donors (Lipinski definition) is 0. The van der Waals surface area contributed by atoms with E-state index in [1.54, 1.807) is 0 Å². The first-order chi connectivity index (χ1) is 6.45. The van der Waals surface area contributed by atoms with Crippen molar-refractivity contribution in [1.29, 1.82) is 0 Å². The maximum atomic E-state index is 5.58. The molecule has 17 heavy (non-hydrogen) atoms. The van der Waals surface area contributed by atoms with Gasteiger partial charge in [-0.3, -0.25) is 0 Å². The molecule has 0 bridgehead atoms. The second-order valence-electron chi connectivity index (χ2n) is 2.73. The molecule has 0 aliphatic rings. The average molecular weight is 304 g/mol. The predicted octanol–water partition coefficient (Wildman–Crippen LogP) is -5.89. The number of rotatable bonds is 2. The molecule has 0 radical (unpaired) electrons. The Morgan fingerprint density at radius 1 is 0.529 bits per heavy atom. The van der Waals surface area contributed by atoms with E-state index in [2.05, 4.69) is 0 Å². The summed E-state index contributed by atoms with van der Waals surface area (Å²) in [5.41, 5.74) is 0. The summed E-state index contributed by atoms with van der Waals surface area (Å²) in [6.45, 7) is 0. The fraction of sp³-hybridized carbons (Fsp3) is 0. The van der Waals surface area contributed by atoms with Crippen LogP contribution in [-0.2, 0) is 0 Å². The molecule has 0 aromatic heterocycles. The molecule has 0 atom stereocenters. The zero-order valence-corrected chi connectivity index (χ0v) is 12.3. The first-order valence-corrected chi connectivity index (χ1v) is 4.23. The molecular weight excluding hydrogens is 293 g/mol. The van der Waals surface area contributed by atoms with Crippen molar-refractivity contribution in [2.24, 2.45) is 0 Å². The van der Waals surface area contributed by atoms with Gasteiger partial charge in [-0.15, -0.1) is 0 Å². The summed E-state index contributed by atoms with van der Waals surface area (Å²) in [6, 6.07) is 19.5. The first kappa shape index (κ1) is 21.9. The van der Waals surface area contributed by atoms with Gasteiger partial charge < -0.3 is 42.0 Å². The summed E-state index contributed by atoms with van der Waals surface area (Å²) in [4.78, 5) is 0. The van der Waals surface area contributed by atoms with E-state index in [1.165, 1.54) is 0 Å². The zero-order chi connectivity index (χ0) is 8.93. The molecule has 0 saturated heterocycles. The van der Waals surface area contributed by atoms with Gasteiger partial charge in [0.15, 0.2) is 0 Å². The maximum Gasteiger partial charge on any atom is 3.00 e. The van der Waals surface area contributed by atoms with E-state index in [9.17, 15) is 0 Å². The van der Waals surface area contributed by atoms with Crippen LogP contribution in [0.1, 0.15) is 0 Å². The zero-order valence-electron chi connectivity index (χ0n) is 8.89. The van der Waals surface area contributed by atoms with Crippen molar-refractivity contribution in [2.75, 3.05) is 0 Å². The van der Waals surface area contributed by atoms with Crippen molar-refractivity contribution in [1.82, 2.24) is 0 Å². The topological polar surface area (TPSA) is 9.23 Å². The first-order valence-electron chi connectivity index (χ1n) is 4.23. The predicted molar refractivity (Wildman–Crippen MR) is 58.7 cm³/mol. The second-order valence-corrected chi connectivity index (χ2v) is 2.73. The van der Waals surface area contributed by atoms with Gasteiger partial charge in [0, 0.05) is 0 Å². The molecule has 0 saturated carbocycles. The molecular formula is C12H10AlCl3O. The Bertz CT molecular complexity index is 333. The van der Waals surface area contributed by atoms with Gasteiger partial charge in [-0.1, -0.05) is 36.4 Å². The van der Waals surface area contributed by atoms with Crippen LogP contribution in [0.15, 0.2) is 60.7 Å². The van der Waals surface area contributed by atoms with Gasteiger partial charge in [-0.05, 0) is 24.3 Å². The fourth-order valence-electron chi connectivity index (χ4n) is 1.11. The Labute approximate surface area is 131 Å². The van der Waals surface area contributed by atoms with Crippen LogP contribution in [0.2, 0.25) is 0 Å². The van der Waals surface area contributed by atoms with Gasteiger partial charge in [0.2, 0.25) is 0 Å². The molecule has 88 valence electrons. The minimum Gasteiger partial charge on any atom is -1.00 e. The third kappa shape index (κ3) is 7.55. The quantitative estimate of drug-likeness (QED) is 0.502. The molecule has 0 aliphatic carbocycles. The molecule has 0 spiro atoms. The van der Waals surface area contributed by atoms with Crippen molar-refractivity contribution in [3.05, 3.63) is 60.7 Å². The molecule has 0 unspecified atom stereocenters. The number of hydrogen-bond acceptors (Lipinski definition) is 1. The summed E-state index contributed by atoms with van der Waals surface area (Å²) in [7, 11) is 0. The van der Waals surface area contributed by atoms with Crippen LogP contribution in [0.3, 0.4) is 0 Å². The van der Waals surface area contributed by atoms with Crippen LogP contribution in [-0.4, -0.2) is 17.4 Å². The average Bonchev–Trinajstić information content (AvgIpc) is 2.21. The van der Waals surface area contributed by atoms with E-state index >= 15 is 0 Å². The Balaban J connectivity index is -0.000000490. The summed E-state index contributed by atoms with van der Waals surface area (Å²) >= 11 is 0. The SMILES string of the molecule is [Al+3].[Cl-].[Cl-].[Cl-].c1ccc(Oc2ccccc2)cc1. The molecule has 0 aliphatic heterocycles. The minimum absolute atomic E-state index is 0. The van der Waals surface area contributed by atoms with Gasteiger partial charge in [0.25, 0.3) is 0 Å². The Morgan fingerprint density at radius 3 is 1.12 bits per heavy atom. The summed E-state index contributed by atoms with van der Waals surface area (Å²) in [5, 5.41) is 0. The van der Waals surface area contributed by atoms with Crippen molar-refractivity contribution in [2.45, 2.75) is 0 Å². The minimum atomic E-state index is 0. The summed E-state index contributed by atoms with van der Waals surface area (Å²) < 4.78 is 5.58. The van der Waals surface area contributed by atoms with Gasteiger partial charge in [-0.2, -0.15) is 0 Å². The monoisotopic (exact) mass is 302 g/mol. The molecule has 2 rings (SSSR count). The Hall–Kier alpha value is -0.358. The van der Waals surface area contributed by atoms with Crippen molar-refractivity contribution in [3.8, 4) is 11.5 Å². The van der Waals surface area contributed by atoms with Crippen molar-refractivity contribution in [3.63, 3.8) is 0 Å². The van der Waals surface area contributed by atoms with Crippen LogP contribution in [0.4, 0.5) is 0 Å². The van der Waals surface area contributed by atoms with E-state index in [0.717, 1.165) is 11.5 Å². The maximum absolute atomic E-state index is 5.58. The van der Waals surface area contributed by atoms with E-state index in [4.69, 9.17) is 4.74 Å². The fourth-order valence-corrected chi connectivity index (χ4v) is 1.11. The Morgan fingerprint density at radius 2 is 0.824 bits per heavy atom. The van der Waals surface area contributed by atoms with Crippen LogP contribution in [0.25, 0.3) is 0 Å². The standard InChI is InChI=1S/C12H10O.Al.3ClH/c1-3-7-11(8-4-1)13-12-9-5-2-6-10-12;;;;/h1-10H;;3*1H/q;+3;;;/p-3. The van der Waals surface area contributed by atoms with Crippen LogP contribution in [0, 0.1) is 0 Å². The van der Waals surface area contributed by atoms with Gasteiger partial charge >= 0.3 is 17.4 Å². The molecule has 2 aromatic carbocycles. The molecule has 0 heterocycles. The van der Waals surface area contributed by atoms with Crippen LogP contribution >= 0.6 is 0 Å². The number of benzene rings is 2. The van der Waals surface area contributed by atoms with Gasteiger partial charge in [0.05, 0.1) is 0 Å². The third-order valence-electron chi connectivity index (χ3n) is 1.72. The number of halogens is 3. The second kappa shape index (κ2) is 12.1. The normalized spacial score (nSPS) is 7.29. The van der Waals surface area contributed by atoms with E-state index in [-0.39, 0.29) is 54.6 Å². The molecule has 5 heteroatoms. The third-order valence-corrected chi connectivity index (χ3v) is 1.72. The molecule has 0 fully saturated rings. The molecule has 0 amide bonds. The number of para-hydroxylation sites is 2. The largest absolute Gasteiger partial charge is 3.00 e. The smallest absolute Gasteiger partial charge is 1.00 e. The van der Waals surface area contributed by atoms with E-state index < -0.39 is 0 Å². The van der Waals surface area contributed by atoms with Crippen LogP contribution in [0.5, 0.6) is 11.5 Å². The van der Waals surface area contributed by atoms with Gasteiger partial charge in [0.1, 0.15) is 11.5 Å². The van der Waals surface area contributed by atoms with Crippen molar-refractivity contribution >= 4 is 17.4 Å². The summed E-state index contributed by atoms with van der Waals surface area (Å²) in [6.07, 6.45) is 0. The molecule has 2 aromatic rings. The number of ether oxygens (including phenoxy) is 1. The van der Waals surface area contributed by atoms with Gasteiger partial charge in [-0.25, -0.2) is 0 Å². The van der Waals surface area contributed by atoms with Crippen molar-refractivity contribution < 1.29 is 42.0 Å². The molecule has 1 nitrogen and oxygen atoms in total. The van der Waals surface area contributed by atoms with Crippen LogP contribution < -0.4 is 42.0 Å². The Kier molecular flexibility index (Phi) is 15.6.